The van der Waals surface area contributed by atoms with Crippen LogP contribution in [0, 0.1) is 17.5 Å². The minimum absolute atomic E-state index is 0.263. The molecule has 0 unspecified atom stereocenters. The van der Waals surface area contributed by atoms with Crippen LogP contribution < -0.4 is 0 Å². The monoisotopic (exact) mass is 282 g/mol. The number of hydrogen-bond acceptors (Lipinski definition) is 2. The van der Waals surface area contributed by atoms with Crippen LogP contribution in [0.2, 0.25) is 0 Å². The lowest BCUT2D eigenvalue weighted by Gasteiger charge is -2.06. The van der Waals surface area contributed by atoms with Crippen molar-refractivity contribution in [1.82, 2.24) is 0 Å². The molecule has 1 aromatic carbocycles. The van der Waals surface area contributed by atoms with Crippen LogP contribution in [-0.4, -0.2) is 13.1 Å². The zero-order chi connectivity index (χ0) is 11.6. The molecule has 0 N–H and O–H groups in total. The van der Waals surface area contributed by atoms with Gasteiger partial charge in [-0.25, -0.2) is 13.2 Å². The van der Waals surface area contributed by atoms with Crippen LogP contribution in [0.25, 0.3) is 0 Å². The third-order valence-corrected chi connectivity index (χ3v) is 2.58. The van der Waals surface area contributed by atoms with Gasteiger partial charge in [0.1, 0.15) is 5.82 Å². The Kier molecular flexibility index (Phi) is 3.73. The molecule has 15 heavy (non-hydrogen) atoms. The predicted molar refractivity (Wildman–Crippen MR) is 49.7 cm³/mol. The topological polar surface area (TPSA) is 26.3 Å². The SMILES string of the molecule is COC(=O)Cc1c(F)cc(F)c(F)c1Br. The summed E-state index contributed by atoms with van der Waals surface area (Å²) in [6.07, 6.45) is -0.458. The average molecular weight is 283 g/mol. The summed E-state index contributed by atoms with van der Waals surface area (Å²) < 4.78 is 42.7. The standard InChI is InChI=1S/C9H6BrF3O2/c1-15-7(14)2-4-5(11)3-6(12)9(13)8(4)10/h3H,2H2,1H3. The normalized spacial score (nSPS) is 10.2. The average Bonchev–Trinajstić information content (AvgIpc) is 2.21. The first-order chi connectivity index (χ1) is 6.97. The highest BCUT2D eigenvalue weighted by Gasteiger charge is 2.19. The van der Waals surface area contributed by atoms with E-state index in [0.29, 0.717) is 6.07 Å². The summed E-state index contributed by atoms with van der Waals surface area (Å²) in [4.78, 5) is 10.9. The zero-order valence-electron chi connectivity index (χ0n) is 7.61. The van der Waals surface area contributed by atoms with Crippen LogP contribution in [0.15, 0.2) is 10.5 Å². The van der Waals surface area contributed by atoms with Crippen molar-refractivity contribution >= 4 is 21.9 Å². The number of carbonyl (C=O) groups excluding carboxylic acids is 1. The zero-order valence-corrected chi connectivity index (χ0v) is 9.20. The van der Waals surface area contributed by atoms with Gasteiger partial charge in [-0.1, -0.05) is 0 Å². The van der Waals surface area contributed by atoms with Crippen molar-refractivity contribution in [3.8, 4) is 0 Å². The summed E-state index contributed by atoms with van der Waals surface area (Å²) in [6.45, 7) is 0. The summed E-state index contributed by atoms with van der Waals surface area (Å²) in [7, 11) is 1.12. The first kappa shape index (κ1) is 12.0. The lowest BCUT2D eigenvalue weighted by Crippen LogP contribution is -2.08. The van der Waals surface area contributed by atoms with Crippen LogP contribution in [0.1, 0.15) is 5.56 Å². The van der Waals surface area contributed by atoms with E-state index in [1.165, 1.54) is 0 Å². The van der Waals surface area contributed by atoms with Crippen molar-refractivity contribution in [1.29, 1.82) is 0 Å². The molecule has 0 saturated heterocycles. The van der Waals surface area contributed by atoms with E-state index in [1.807, 2.05) is 0 Å². The lowest BCUT2D eigenvalue weighted by molar-refractivity contribution is -0.139. The number of carbonyl (C=O) groups is 1. The van der Waals surface area contributed by atoms with Gasteiger partial charge in [0.25, 0.3) is 0 Å². The van der Waals surface area contributed by atoms with Crippen molar-refractivity contribution in [2.75, 3.05) is 7.11 Å². The summed E-state index contributed by atoms with van der Waals surface area (Å²) in [6, 6.07) is 0.387. The molecule has 82 valence electrons. The van der Waals surface area contributed by atoms with Crippen molar-refractivity contribution in [3.05, 3.63) is 33.6 Å². The van der Waals surface area contributed by atoms with Crippen molar-refractivity contribution < 1.29 is 22.7 Å². The maximum atomic E-state index is 13.1. The molecule has 0 aliphatic rings. The number of hydrogen-bond donors (Lipinski definition) is 0. The number of methoxy groups -OCH3 is 1. The highest BCUT2D eigenvalue weighted by molar-refractivity contribution is 9.10. The summed E-state index contributed by atoms with van der Waals surface area (Å²) in [5.41, 5.74) is -0.263. The number of esters is 1. The van der Waals surface area contributed by atoms with Gasteiger partial charge in [0, 0.05) is 11.6 Å². The molecule has 2 nitrogen and oxygen atoms in total. The minimum Gasteiger partial charge on any atom is -0.469 e. The second-order valence-electron chi connectivity index (χ2n) is 2.70. The summed E-state index contributed by atoms with van der Waals surface area (Å²) in [5, 5.41) is 0. The first-order valence-corrected chi connectivity index (χ1v) is 4.65. The molecular weight excluding hydrogens is 277 g/mol. The summed E-state index contributed by atoms with van der Waals surface area (Å²) in [5.74, 6) is -4.27. The van der Waals surface area contributed by atoms with Gasteiger partial charge in [0.2, 0.25) is 0 Å². The number of rotatable bonds is 2. The molecule has 0 radical (unpaired) electrons. The Balaban J connectivity index is 3.18. The summed E-state index contributed by atoms with van der Waals surface area (Å²) >= 11 is 2.68. The van der Waals surface area contributed by atoms with Crippen LogP contribution in [0.5, 0.6) is 0 Å². The first-order valence-electron chi connectivity index (χ1n) is 3.86. The third kappa shape index (κ3) is 2.50. The maximum absolute atomic E-state index is 13.1. The van der Waals surface area contributed by atoms with Gasteiger partial charge in [-0.05, 0) is 15.9 Å². The predicted octanol–water partition coefficient (Wildman–Crippen LogP) is 2.58. The van der Waals surface area contributed by atoms with Crippen molar-refractivity contribution in [2.24, 2.45) is 0 Å². The molecule has 0 saturated carbocycles. The van der Waals surface area contributed by atoms with Gasteiger partial charge in [0.15, 0.2) is 11.6 Å². The van der Waals surface area contributed by atoms with Crippen LogP contribution in [-0.2, 0) is 16.0 Å². The Morgan fingerprint density at radius 1 is 1.40 bits per heavy atom. The fourth-order valence-corrected chi connectivity index (χ4v) is 1.50. The van der Waals surface area contributed by atoms with Crippen LogP contribution >= 0.6 is 15.9 Å². The molecule has 0 aromatic heterocycles. The molecule has 0 spiro atoms. The molecule has 0 amide bonds. The molecule has 0 bridgehead atoms. The lowest BCUT2D eigenvalue weighted by atomic mass is 10.1. The second kappa shape index (κ2) is 4.65. The van der Waals surface area contributed by atoms with Gasteiger partial charge in [-0.3, -0.25) is 4.79 Å². The number of benzene rings is 1. The van der Waals surface area contributed by atoms with E-state index in [-0.39, 0.29) is 5.56 Å². The van der Waals surface area contributed by atoms with Crippen molar-refractivity contribution in [3.63, 3.8) is 0 Å². The fraction of sp³-hybridized carbons (Fsp3) is 0.222. The van der Waals surface area contributed by atoms with Gasteiger partial charge < -0.3 is 4.74 Å². The third-order valence-electron chi connectivity index (χ3n) is 1.76. The Labute approximate surface area is 92.2 Å². The molecule has 1 aromatic rings. The van der Waals surface area contributed by atoms with Gasteiger partial charge in [0.05, 0.1) is 18.0 Å². The minimum atomic E-state index is -1.31. The van der Waals surface area contributed by atoms with Gasteiger partial charge in [-0.2, -0.15) is 0 Å². The van der Waals surface area contributed by atoms with Crippen LogP contribution in [0.4, 0.5) is 13.2 Å². The number of ether oxygens (including phenoxy) is 1. The Morgan fingerprint density at radius 3 is 2.53 bits per heavy atom. The molecule has 0 aliphatic heterocycles. The Bertz CT molecular complexity index is 407. The van der Waals surface area contributed by atoms with E-state index in [0.717, 1.165) is 7.11 Å². The smallest absolute Gasteiger partial charge is 0.310 e. The van der Waals surface area contributed by atoms with E-state index < -0.39 is 34.3 Å². The highest BCUT2D eigenvalue weighted by Crippen LogP contribution is 2.26. The molecular formula is C9H6BrF3O2. The molecule has 0 fully saturated rings. The van der Waals surface area contributed by atoms with E-state index >= 15 is 0 Å². The quantitative estimate of drug-likeness (QED) is 0.474. The molecule has 6 heteroatoms. The molecule has 0 aliphatic carbocycles. The van der Waals surface area contributed by atoms with E-state index in [2.05, 4.69) is 20.7 Å². The maximum Gasteiger partial charge on any atom is 0.310 e. The molecule has 0 atom stereocenters. The van der Waals surface area contributed by atoms with E-state index in [4.69, 9.17) is 0 Å². The molecule has 1 rings (SSSR count). The van der Waals surface area contributed by atoms with Gasteiger partial charge >= 0.3 is 5.97 Å². The second-order valence-corrected chi connectivity index (χ2v) is 3.49. The largest absolute Gasteiger partial charge is 0.469 e. The fourth-order valence-electron chi connectivity index (χ4n) is 0.982. The van der Waals surface area contributed by atoms with Gasteiger partial charge in [-0.15, -0.1) is 0 Å². The Hall–Kier alpha value is -1.04. The van der Waals surface area contributed by atoms with E-state index in [1.54, 1.807) is 0 Å². The van der Waals surface area contributed by atoms with Crippen LogP contribution in [0.3, 0.4) is 0 Å². The van der Waals surface area contributed by atoms with Crippen molar-refractivity contribution in [2.45, 2.75) is 6.42 Å². The molecule has 0 heterocycles. The van der Waals surface area contributed by atoms with E-state index in [9.17, 15) is 18.0 Å². The number of halogens is 4. The highest BCUT2D eigenvalue weighted by atomic mass is 79.9. The Morgan fingerprint density at radius 2 is 2.00 bits per heavy atom.